The van der Waals surface area contributed by atoms with Gasteiger partial charge in [-0.2, -0.15) is 0 Å². The van der Waals surface area contributed by atoms with E-state index in [0.717, 1.165) is 0 Å². The zero-order valence-electron chi connectivity index (χ0n) is 10.1. The van der Waals surface area contributed by atoms with Crippen LogP contribution in [0.5, 0.6) is 0 Å². The zero-order chi connectivity index (χ0) is 12.6. The Morgan fingerprint density at radius 2 is 1.76 bits per heavy atom. The molecule has 4 nitrogen and oxygen atoms in total. The molecule has 0 aliphatic heterocycles. The lowest BCUT2D eigenvalue weighted by Crippen LogP contribution is -2.30. The maximum absolute atomic E-state index is 14.6. The summed E-state index contributed by atoms with van der Waals surface area (Å²) >= 11 is 0. The normalized spacial score (nSPS) is 38.4. The van der Waals surface area contributed by atoms with E-state index in [0.29, 0.717) is 12.8 Å². The average Bonchev–Trinajstić information content (AvgIpc) is 2.72. The highest BCUT2D eigenvalue weighted by Crippen LogP contribution is 2.67. The molecule has 4 unspecified atom stereocenters. The predicted octanol–water partition coefficient (Wildman–Crippen LogP) is 1.48. The van der Waals surface area contributed by atoms with Gasteiger partial charge in [0, 0.05) is 5.92 Å². The first-order chi connectivity index (χ1) is 8.07. The van der Waals surface area contributed by atoms with Crippen LogP contribution in [0.3, 0.4) is 0 Å². The highest BCUT2D eigenvalue weighted by molar-refractivity contribution is 5.84. The molecular formula is C12H17FO4. The number of ether oxygens (including phenoxy) is 2. The van der Waals surface area contributed by atoms with Crippen molar-refractivity contribution in [3.63, 3.8) is 0 Å². The van der Waals surface area contributed by atoms with E-state index >= 15 is 0 Å². The number of esters is 2. The molecule has 2 fully saturated rings. The summed E-state index contributed by atoms with van der Waals surface area (Å²) in [6.45, 7) is 3.84. The molecule has 0 aromatic rings. The zero-order valence-corrected chi connectivity index (χ0v) is 10.1. The number of alkyl halides is 1. The lowest BCUT2D eigenvalue weighted by molar-refractivity contribution is -0.153. The molecular weight excluding hydrogens is 227 g/mol. The van der Waals surface area contributed by atoms with Gasteiger partial charge in [0.05, 0.1) is 25.0 Å². The van der Waals surface area contributed by atoms with Gasteiger partial charge in [-0.1, -0.05) is 0 Å². The van der Waals surface area contributed by atoms with Gasteiger partial charge in [-0.15, -0.1) is 0 Å². The van der Waals surface area contributed by atoms with Crippen molar-refractivity contribution in [1.82, 2.24) is 0 Å². The fourth-order valence-electron chi connectivity index (χ4n) is 3.00. The van der Waals surface area contributed by atoms with Crippen LogP contribution in [0, 0.1) is 17.8 Å². The Morgan fingerprint density at radius 1 is 1.18 bits per heavy atom. The summed E-state index contributed by atoms with van der Waals surface area (Å²) in [6.07, 6.45) is 1.03. The lowest BCUT2D eigenvalue weighted by Gasteiger charge is -2.16. The minimum absolute atomic E-state index is 0.236. The molecule has 0 spiro atoms. The van der Waals surface area contributed by atoms with Gasteiger partial charge in [0.1, 0.15) is 5.67 Å². The molecule has 0 heterocycles. The van der Waals surface area contributed by atoms with Crippen molar-refractivity contribution in [2.45, 2.75) is 32.4 Å². The number of carbonyl (C=O) groups excluding carboxylic acids is 2. The summed E-state index contributed by atoms with van der Waals surface area (Å²) in [6, 6.07) is 0. The second kappa shape index (κ2) is 4.27. The second-order valence-electron chi connectivity index (χ2n) is 4.55. The largest absolute Gasteiger partial charge is 0.466 e. The van der Waals surface area contributed by atoms with Gasteiger partial charge in [0.2, 0.25) is 0 Å². The number of hydrogen-bond donors (Lipinski definition) is 0. The highest BCUT2D eigenvalue weighted by Gasteiger charge is 2.78. The van der Waals surface area contributed by atoms with E-state index in [1.165, 1.54) is 0 Å². The number of rotatable bonds is 4. The van der Waals surface area contributed by atoms with Gasteiger partial charge < -0.3 is 9.47 Å². The molecule has 0 aromatic heterocycles. The van der Waals surface area contributed by atoms with Crippen LogP contribution in [0.15, 0.2) is 0 Å². The Morgan fingerprint density at radius 3 is 2.35 bits per heavy atom. The van der Waals surface area contributed by atoms with Crippen molar-refractivity contribution in [1.29, 1.82) is 0 Å². The maximum Gasteiger partial charge on any atom is 0.312 e. The highest BCUT2D eigenvalue weighted by atomic mass is 19.1. The number of halogens is 1. The van der Waals surface area contributed by atoms with Crippen molar-refractivity contribution >= 4 is 11.9 Å². The second-order valence-corrected chi connectivity index (χ2v) is 4.55. The standard InChI is InChI=1S/C12H17FO4/c1-3-16-10(14)8-6-5-7-9(12(7,8)13)11(15)17-4-2/h7-9H,3-6H2,1-2H3. The van der Waals surface area contributed by atoms with E-state index in [9.17, 15) is 14.0 Å². The van der Waals surface area contributed by atoms with E-state index in [1.807, 2.05) is 0 Å². The Kier molecular flexibility index (Phi) is 3.10. The van der Waals surface area contributed by atoms with Crippen LogP contribution in [-0.2, 0) is 19.1 Å². The molecule has 0 aromatic carbocycles. The number of hydrogen-bond acceptors (Lipinski definition) is 4. The molecule has 0 radical (unpaired) electrons. The average molecular weight is 244 g/mol. The van der Waals surface area contributed by atoms with Crippen molar-refractivity contribution in [2.24, 2.45) is 17.8 Å². The summed E-state index contributed by atoms with van der Waals surface area (Å²) in [5.74, 6) is -2.94. The van der Waals surface area contributed by atoms with Crippen LogP contribution in [0.1, 0.15) is 26.7 Å². The summed E-state index contributed by atoms with van der Waals surface area (Å²) < 4.78 is 24.2. The lowest BCUT2D eigenvalue weighted by atomic mass is 9.98. The van der Waals surface area contributed by atoms with Crippen LogP contribution < -0.4 is 0 Å². The Labute approximate surface area is 99.5 Å². The first-order valence-electron chi connectivity index (χ1n) is 6.09. The predicted molar refractivity (Wildman–Crippen MR) is 56.8 cm³/mol. The van der Waals surface area contributed by atoms with Gasteiger partial charge in [-0.25, -0.2) is 4.39 Å². The molecule has 0 bridgehead atoms. The Hall–Kier alpha value is -1.13. The van der Waals surface area contributed by atoms with Gasteiger partial charge in [-0.05, 0) is 26.7 Å². The van der Waals surface area contributed by atoms with E-state index < -0.39 is 29.4 Å². The van der Waals surface area contributed by atoms with E-state index in [2.05, 4.69) is 0 Å². The van der Waals surface area contributed by atoms with Crippen LogP contribution in [-0.4, -0.2) is 30.8 Å². The quantitative estimate of drug-likeness (QED) is 0.703. The summed E-state index contributed by atoms with van der Waals surface area (Å²) in [7, 11) is 0. The summed E-state index contributed by atoms with van der Waals surface area (Å²) in [5, 5.41) is 0. The molecule has 2 rings (SSSR count). The number of carbonyl (C=O) groups is 2. The molecule has 0 N–H and O–H groups in total. The van der Waals surface area contributed by atoms with Crippen LogP contribution in [0.2, 0.25) is 0 Å². The third kappa shape index (κ3) is 1.72. The van der Waals surface area contributed by atoms with Gasteiger partial charge in [0.25, 0.3) is 0 Å². The monoisotopic (exact) mass is 244 g/mol. The molecule has 0 amide bonds. The molecule has 0 saturated heterocycles. The van der Waals surface area contributed by atoms with Crippen molar-refractivity contribution in [3.8, 4) is 0 Å². The van der Waals surface area contributed by atoms with Crippen LogP contribution >= 0.6 is 0 Å². The molecule has 2 saturated carbocycles. The molecule has 96 valence electrons. The van der Waals surface area contributed by atoms with E-state index in [4.69, 9.17) is 9.47 Å². The minimum Gasteiger partial charge on any atom is -0.466 e. The topological polar surface area (TPSA) is 52.6 Å². The third-order valence-corrected chi connectivity index (χ3v) is 3.75. The van der Waals surface area contributed by atoms with Crippen LogP contribution in [0.4, 0.5) is 4.39 Å². The van der Waals surface area contributed by atoms with Gasteiger partial charge in [0.15, 0.2) is 0 Å². The SMILES string of the molecule is CCOC(=O)C1CCC2C(C(=O)OCC)C12F. The van der Waals surface area contributed by atoms with Gasteiger partial charge >= 0.3 is 11.9 Å². The summed E-state index contributed by atoms with van der Waals surface area (Å²) in [5.41, 5.74) is -1.71. The molecule has 17 heavy (non-hydrogen) atoms. The van der Waals surface area contributed by atoms with Crippen molar-refractivity contribution in [2.75, 3.05) is 13.2 Å². The van der Waals surface area contributed by atoms with Crippen molar-refractivity contribution in [3.05, 3.63) is 0 Å². The fraction of sp³-hybridized carbons (Fsp3) is 0.833. The maximum atomic E-state index is 14.6. The first kappa shape index (κ1) is 12.3. The van der Waals surface area contributed by atoms with E-state index in [-0.39, 0.29) is 19.1 Å². The Bertz CT molecular complexity index is 343. The Balaban J connectivity index is 2.05. The van der Waals surface area contributed by atoms with Crippen LogP contribution in [0.25, 0.3) is 0 Å². The summed E-state index contributed by atoms with van der Waals surface area (Å²) in [4.78, 5) is 23.1. The number of fused-ring (bicyclic) bond motifs is 1. The fourth-order valence-corrected chi connectivity index (χ4v) is 3.00. The molecule has 4 atom stereocenters. The molecule has 2 aliphatic rings. The van der Waals surface area contributed by atoms with E-state index in [1.54, 1.807) is 13.8 Å². The third-order valence-electron chi connectivity index (χ3n) is 3.75. The van der Waals surface area contributed by atoms with Gasteiger partial charge in [-0.3, -0.25) is 9.59 Å². The smallest absolute Gasteiger partial charge is 0.312 e. The molecule has 5 heteroatoms. The first-order valence-corrected chi connectivity index (χ1v) is 6.09. The van der Waals surface area contributed by atoms with Crippen molar-refractivity contribution < 1.29 is 23.5 Å². The molecule has 2 aliphatic carbocycles. The minimum atomic E-state index is -1.71.